The van der Waals surface area contributed by atoms with Gasteiger partial charge < -0.3 is 14.5 Å². The van der Waals surface area contributed by atoms with Crippen molar-refractivity contribution in [2.24, 2.45) is 0 Å². The molecule has 0 unspecified atom stereocenters. The largest absolute Gasteiger partial charge is 0.391 e. The van der Waals surface area contributed by atoms with Gasteiger partial charge in [-0.2, -0.15) is 0 Å². The molecule has 1 aromatic carbocycles. The Kier molecular flexibility index (Phi) is 5.18. The molecule has 1 fully saturated rings. The highest BCUT2D eigenvalue weighted by Crippen LogP contribution is 2.33. The van der Waals surface area contributed by atoms with E-state index in [1.54, 1.807) is 17.0 Å². The van der Waals surface area contributed by atoms with Crippen molar-refractivity contribution < 1.29 is 18.8 Å². The second-order valence-electron chi connectivity index (χ2n) is 6.42. The summed E-state index contributed by atoms with van der Waals surface area (Å²) in [5, 5.41) is 14.1. The van der Waals surface area contributed by atoms with Crippen LogP contribution in [0.15, 0.2) is 28.8 Å². The van der Waals surface area contributed by atoms with Crippen LogP contribution in [0.1, 0.15) is 48.9 Å². The van der Waals surface area contributed by atoms with Crippen LogP contribution in [0.4, 0.5) is 4.39 Å². The molecule has 1 N–H and O–H groups in total. The molecule has 3 rings (SSSR count). The van der Waals surface area contributed by atoms with Gasteiger partial charge in [-0.05, 0) is 30.5 Å². The first-order valence-corrected chi connectivity index (χ1v) is 8.72. The number of benzene rings is 1. The second-order valence-corrected chi connectivity index (χ2v) is 6.42. The number of likely N-dealkylation sites (tertiary alicyclic amines) is 1. The lowest BCUT2D eigenvalue weighted by Crippen LogP contribution is -2.33. The monoisotopic (exact) mass is 346 g/mol. The molecular formula is C19H23FN2O3. The molecule has 1 aliphatic heterocycles. The Labute approximate surface area is 146 Å². The molecule has 2 atom stereocenters. The van der Waals surface area contributed by atoms with Crippen molar-refractivity contribution in [2.45, 2.75) is 51.7 Å². The number of halogens is 1. The highest BCUT2D eigenvalue weighted by molar-refractivity contribution is 5.80. The molecule has 25 heavy (non-hydrogen) atoms. The fraction of sp³-hybridized carbons (Fsp3) is 0.474. The van der Waals surface area contributed by atoms with E-state index >= 15 is 0 Å². The maximum absolute atomic E-state index is 13.6. The number of aromatic nitrogens is 1. The number of aryl methyl sites for hydroxylation is 2. The quantitative estimate of drug-likeness (QED) is 0.904. The summed E-state index contributed by atoms with van der Waals surface area (Å²) >= 11 is 0. The molecule has 1 saturated heterocycles. The van der Waals surface area contributed by atoms with Crippen molar-refractivity contribution in [1.82, 2.24) is 10.1 Å². The normalized spacial score (nSPS) is 20.2. The highest BCUT2D eigenvalue weighted by Gasteiger charge is 2.36. The van der Waals surface area contributed by atoms with E-state index in [-0.39, 0.29) is 30.7 Å². The van der Waals surface area contributed by atoms with Gasteiger partial charge in [-0.3, -0.25) is 4.79 Å². The fourth-order valence-corrected chi connectivity index (χ4v) is 3.51. The van der Waals surface area contributed by atoms with Crippen LogP contribution >= 0.6 is 0 Å². The van der Waals surface area contributed by atoms with Gasteiger partial charge >= 0.3 is 0 Å². The molecule has 2 heterocycles. The second kappa shape index (κ2) is 7.35. The van der Waals surface area contributed by atoms with E-state index in [0.29, 0.717) is 24.8 Å². The number of hydrogen-bond acceptors (Lipinski definition) is 4. The van der Waals surface area contributed by atoms with Crippen LogP contribution in [-0.4, -0.2) is 33.7 Å². The molecule has 6 heteroatoms. The van der Waals surface area contributed by atoms with E-state index in [1.807, 2.05) is 13.8 Å². The van der Waals surface area contributed by atoms with Gasteiger partial charge in [0.25, 0.3) is 0 Å². The van der Waals surface area contributed by atoms with E-state index in [9.17, 15) is 14.3 Å². The molecule has 2 aromatic rings. The molecule has 0 saturated carbocycles. The maximum atomic E-state index is 13.6. The number of rotatable bonds is 5. The van der Waals surface area contributed by atoms with E-state index in [4.69, 9.17) is 4.52 Å². The number of aliphatic hydroxyl groups is 1. The minimum atomic E-state index is -0.601. The minimum absolute atomic E-state index is 0.0987. The summed E-state index contributed by atoms with van der Waals surface area (Å²) in [7, 11) is 0. The zero-order chi connectivity index (χ0) is 18.0. The average molecular weight is 346 g/mol. The summed E-state index contributed by atoms with van der Waals surface area (Å²) < 4.78 is 18.9. The first-order valence-electron chi connectivity index (χ1n) is 8.72. The van der Waals surface area contributed by atoms with Gasteiger partial charge in [0.1, 0.15) is 11.6 Å². The molecule has 1 aliphatic rings. The topological polar surface area (TPSA) is 66.6 Å². The Balaban J connectivity index is 1.84. The summed E-state index contributed by atoms with van der Waals surface area (Å²) in [6, 6.07) is 5.91. The third-order valence-electron chi connectivity index (χ3n) is 4.77. The number of carbonyl (C=O) groups excluding carboxylic acids is 1. The zero-order valence-corrected chi connectivity index (χ0v) is 14.5. The molecule has 0 bridgehead atoms. The van der Waals surface area contributed by atoms with E-state index in [1.165, 1.54) is 12.1 Å². The van der Waals surface area contributed by atoms with Crippen LogP contribution in [0, 0.1) is 5.82 Å². The van der Waals surface area contributed by atoms with Gasteiger partial charge in [0.05, 0.1) is 24.3 Å². The molecule has 1 aromatic heterocycles. The molecule has 0 aliphatic carbocycles. The summed E-state index contributed by atoms with van der Waals surface area (Å²) in [5.74, 6) is 0.289. The summed E-state index contributed by atoms with van der Waals surface area (Å²) in [6.45, 7) is 4.19. The Morgan fingerprint density at radius 2 is 2.20 bits per heavy atom. The predicted molar refractivity (Wildman–Crippen MR) is 90.4 cm³/mol. The van der Waals surface area contributed by atoms with Gasteiger partial charge in [0.15, 0.2) is 0 Å². The van der Waals surface area contributed by atoms with Crippen molar-refractivity contribution in [3.8, 4) is 0 Å². The SMILES string of the molecule is CCc1noc(CC)c1CC(=O)N1C[C@H](O)C[C@H]1c1cccc(F)c1. The lowest BCUT2D eigenvalue weighted by Gasteiger charge is -2.25. The molecule has 5 nitrogen and oxygen atoms in total. The molecule has 0 radical (unpaired) electrons. The minimum Gasteiger partial charge on any atom is -0.391 e. The number of carbonyl (C=O) groups is 1. The number of nitrogens with zero attached hydrogens (tertiary/aromatic N) is 2. The predicted octanol–water partition coefficient (Wildman–Crippen LogP) is 2.82. The number of hydrogen-bond donors (Lipinski definition) is 1. The van der Waals surface area contributed by atoms with Crippen LogP contribution in [-0.2, 0) is 24.1 Å². The molecule has 0 spiro atoms. The zero-order valence-electron chi connectivity index (χ0n) is 14.5. The van der Waals surface area contributed by atoms with Crippen molar-refractivity contribution in [3.05, 3.63) is 52.7 Å². The first-order chi connectivity index (χ1) is 12.0. The summed E-state index contributed by atoms with van der Waals surface area (Å²) in [5.41, 5.74) is 2.35. The molecule has 134 valence electrons. The van der Waals surface area contributed by atoms with E-state index in [0.717, 1.165) is 17.0 Å². The van der Waals surface area contributed by atoms with Gasteiger partial charge in [-0.25, -0.2) is 4.39 Å². The third kappa shape index (κ3) is 3.58. The molecular weight excluding hydrogens is 323 g/mol. The van der Waals surface area contributed by atoms with Crippen LogP contribution in [0.5, 0.6) is 0 Å². The van der Waals surface area contributed by atoms with Crippen molar-refractivity contribution >= 4 is 5.91 Å². The van der Waals surface area contributed by atoms with E-state index < -0.39 is 6.10 Å². The average Bonchev–Trinajstić information content (AvgIpc) is 3.17. The molecule has 1 amide bonds. The smallest absolute Gasteiger partial charge is 0.227 e. The van der Waals surface area contributed by atoms with Gasteiger partial charge in [-0.1, -0.05) is 31.1 Å². The maximum Gasteiger partial charge on any atom is 0.227 e. The van der Waals surface area contributed by atoms with Crippen LogP contribution in [0.3, 0.4) is 0 Å². The van der Waals surface area contributed by atoms with Crippen LogP contribution in [0.25, 0.3) is 0 Å². The lowest BCUT2D eigenvalue weighted by molar-refractivity contribution is -0.131. The highest BCUT2D eigenvalue weighted by atomic mass is 19.1. The van der Waals surface area contributed by atoms with E-state index in [2.05, 4.69) is 5.16 Å². The third-order valence-corrected chi connectivity index (χ3v) is 4.77. The number of amides is 1. The Bertz CT molecular complexity index is 737. The Morgan fingerprint density at radius 1 is 1.40 bits per heavy atom. The summed E-state index contributed by atoms with van der Waals surface area (Å²) in [4.78, 5) is 14.6. The van der Waals surface area contributed by atoms with Gasteiger partial charge in [0, 0.05) is 18.5 Å². The van der Waals surface area contributed by atoms with Crippen molar-refractivity contribution in [2.75, 3.05) is 6.54 Å². The first kappa shape index (κ1) is 17.6. The van der Waals surface area contributed by atoms with Crippen molar-refractivity contribution in [1.29, 1.82) is 0 Å². The Hall–Kier alpha value is -2.21. The lowest BCUT2D eigenvalue weighted by atomic mass is 10.0. The number of aliphatic hydroxyl groups excluding tert-OH is 1. The van der Waals surface area contributed by atoms with Gasteiger partial charge in [-0.15, -0.1) is 0 Å². The van der Waals surface area contributed by atoms with Crippen LogP contribution < -0.4 is 0 Å². The van der Waals surface area contributed by atoms with Crippen LogP contribution in [0.2, 0.25) is 0 Å². The fourth-order valence-electron chi connectivity index (χ4n) is 3.51. The van der Waals surface area contributed by atoms with Gasteiger partial charge in [0.2, 0.25) is 5.91 Å². The summed E-state index contributed by atoms with van der Waals surface area (Å²) in [6.07, 6.45) is 1.37. The number of β-amino-alcohol motifs (C(OH)–C–C–N with tert-alkyl or cyclic N) is 1. The standard InChI is InChI=1S/C19H23FN2O3/c1-3-16-15(18(4-2)25-21-16)10-19(24)22-11-14(23)9-17(22)12-6-5-7-13(20)8-12/h5-8,14,17,23H,3-4,9-11H2,1-2H3/t14-,17+/m1/s1. The van der Waals surface area contributed by atoms with Crippen molar-refractivity contribution in [3.63, 3.8) is 0 Å². The Morgan fingerprint density at radius 3 is 2.88 bits per heavy atom.